The molecule has 3 heteroatoms. The Morgan fingerprint density at radius 1 is 1.62 bits per heavy atom. The van der Waals surface area contributed by atoms with Crippen molar-refractivity contribution in [2.24, 2.45) is 5.73 Å². The lowest BCUT2D eigenvalue weighted by Gasteiger charge is -2.11. The second-order valence-electron chi connectivity index (χ2n) is 3.20. The minimum absolute atomic E-state index is 0.108. The van der Waals surface area contributed by atoms with Gasteiger partial charge in [0.15, 0.2) is 0 Å². The molecule has 3 nitrogen and oxygen atoms in total. The number of hydrogen-bond acceptors (Lipinski definition) is 3. The van der Waals surface area contributed by atoms with Crippen molar-refractivity contribution in [3.63, 3.8) is 0 Å². The monoisotopic (exact) mass is 179 g/mol. The summed E-state index contributed by atoms with van der Waals surface area (Å²) >= 11 is 0. The molecule has 0 bridgehead atoms. The number of aryl methyl sites for hydroxylation is 1. The summed E-state index contributed by atoms with van der Waals surface area (Å²) in [5, 5.41) is 3.03. The molecule has 1 aromatic heterocycles. The Morgan fingerprint density at radius 3 is 2.77 bits per heavy atom. The van der Waals surface area contributed by atoms with Crippen LogP contribution in [0.4, 0.5) is 5.82 Å². The van der Waals surface area contributed by atoms with Crippen LogP contribution < -0.4 is 11.1 Å². The fourth-order valence-corrected chi connectivity index (χ4v) is 1.30. The summed E-state index contributed by atoms with van der Waals surface area (Å²) in [5.41, 5.74) is 8.15. The highest BCUT2D eigenvalue weighted by atomic mass is 15.0. The molecule has 3 N–H and O–H groups in total. The summed E-state index contributed by atoms with van der Waals surface area (Å²) in [6.07, 6.45) is 2.78. The van der Waals surface area contributed by atoms with Crippen molar-refractivity contribution in [2.75, 3.05) is 12.4 Å². The van der Waals surface area contributed by atoms with E-state index in [9.17, 15) is 0 Å². The van der Waals surface area contributed by atoms with E-state index in [0.717, 1.165) is 23.4 Å². The van der Waals surface area contributed by atoms with Crippen molar-refractivity contribution >= 4 is 5.82 Å². The molecule has 0 aliphatic carbocycles. The van der Waals surface area contributed by atoms with Crippen LogP contribution in [-0.4, -0.2) is 12.0 Å². The third-order valence-corrected chi connectivity index (χ3v) is 2.20. The van der Waals surface area contributed by atoms with Gasteiger partial charge in [-0.25, -0.2) is 4.98 Å². The SMILES string of the molecule is CC[C@@H](N)c1cnc(NC)c(C)c1. The topological polar surface area (TPSA) is 50.9 Å². The lowest BCUT2D eigenvalue weighted by Crippen LogP contribution is -2.10. The lowest BCUT2D eigenvalue weighted by atomic mass is 10.1. The second kappa shape index (κ2) is 4.23. The molecular formula is C10H17N3. The maximum absolute atomic E-state index is 5.89. The molecule has 0 amide bonds. The Kier molecular flexibility index (Phi) is 3.25. The van der Waals surface area contributed by atoms with Crippen molar-refractivity contribution in [3.8, 4) is 0 Å². The van der Waals surface area contributed by atoms with E-state index in [1.54, 1.807) is 0 Å². The van der Waals surface area contributed by atoms with Gasteiger partial charge in [0.1, 0.15) is 5.82 Å². The highest BCUT2D eigenvalue weighted by Gasteiger charge is 2.05. The second-order valence-corrected chi connectivity index (χ2v) is 3.20. The standard InChI is InChI=1S/C10H17N3/c1-4-9(11)8-5-7(2)10(12-3)13-6-8/h5-6,9H,4,11H2,1-3H3,(H,12,13)/t9-/m1/s1. The van der Waals surface area contributed by atoms with Crippen LogP contribution in [0.2, 0.25) is 0 Å². The van der Waals surface area contributed by atoms with Gasteiger partial charge >= 0.3 is 0 Å². The van der Waals surface area contributed by atoms with Gasteiger partial charge in [-0.2, -0.15) is 0 Å². The Morgan fingerprint density at radius 2 is 2.31 bits per heavy atom. The Labute approximate surface area is 79.4 Å². The number of nitrogens with two attached hydrogens (primary N) is 1. The first-order valence-corrected chi connectivity index (χ1v) is 4.59. The molecule has 0 saturated carbocycles. The molecule has 1 atom stereocenters. The van der Waals surface area contributed by atoms with Gasteiger partial charge in [-0.15, -0.1) is 0 Å². The number of pyridine rings is 1. The summed E-state index contributed by atoms with van der Waals surface area (Å²) in [7, 11) is 1.87. The predicted octanol–water partition coefficient (Wildman–Crippen LogP) is 1.84. The highest BCUT2D eigenvalue weighted by molar-refractivity contribution is 5.44. The third-order valence-electron chi connectivity index (χ3n) is 2.20. The number of aromatic nitrogens is 1. The van der Waals surface area contributed by atoms with Gasteiger partial charge in [-0.05, 0) is 30.5 Å². The van der Waals surface area contributed by atoms with Crippen molar-refractivity contribution in [1.29, 1.82) is 0 Å². The zero-order valence-electron chi connectivity index (χ0n) is 8.46. The molecular weight excluding hydrogens is 162 g/mol. The molecule has 0 aromatic carbocycles. The lowest BCUT2D eigenvalue weighted by molar-refractivity contribution is 0.694. The fraction of sp³-hybridized carbons (Fsp3) is 0.500. The van der Waals surface area contributed by atoms with Gasteiger partial charge in [0.05, 0.1) is 0 Å². The van der Waals surface area contributed by atoms with E-state index in [4.69, 9.17) is 5.73 Å². The van der Waals surface area contributed by atoms with Crippen LogP contribution in [0.3, 0.4) is 0 Å². The van der Waals surface area contributed by atoms with Crippen LogP contribution >= 0.6 is 0 Å². The van der Waals surface area contributed by atoms with E-state index >= 15 is 0 Å². The quantitative estimate of drug-likeness (QED) is 0.744. The van der Waals surface area contributed by atoms with E-state index in [0.29, 0.717) is 0 Å². The summed E-state index contributed by atoms with van der Waals surface area (Å²) in [6.45, 7) is 4.11. The molecule has 1 heterocycles. The molecule has 0 spiro atoms. The van der Waals surface area contributed by atoms with Gasteiger partial charge < -0.3 is 11.1 Å². The maximum Gasteiger partial charge on any atom is 0.128 e. The predicted molar refractivity (Wildman–Crippen MR) is 55.7 cm³/mol. The van der Waals surface area contributed by atoms with Crippen LogP contribution in [0.15, 0.2) is 12.3 Å². The Balaban J connectivity index is 2.95. The molecule has 0 radical (unpaired) electrons. The first-order chi connectivity index (χ1) is 6.19. The van der Waals surface area contributed by atoms with E-state index in [1.807, 2.05) is 20.2 Å². The molecule has 13 heavy (non-hydrogen) atoms. The van der Waals surface area contributed by atoms with Crippen LogP contribution in [0, 0.1) is 6.92 Å². The molecule has 0 aliphatic heterocycles. The number of nitrogens with zero attached hydrogens (tertiary/aromatic N) is 1. The highest BCUT2D eigenvalue weighted by Crippen LogP contribution is 2.17. The number of hydrogen-bond donors (Lipinski definition) is 2. The number of rotatable bonds is 3. The van der Waals surface area contributed by atoms with Crippen molar-refractivity contribution in [2.45, 2.75) is 26.3 Å². The number of anilines is 1. The first-order valence-electron chi connectivity index (χ1n) is 4.59. The van der Waals surface area contributed by atoms with Gasteiger partial charge in [0, 0.05) is 19.3 Å². The molecule has 72 valence electrons. The number of nitrogens with one attached hydrogen (secondary N) is 1. The molecule has 0 saturated heterocycles. The van der Waals surface area contributed by atoms with E-state index in [1.165, 1.54) is 0 Å². The average molecular weight is 179 g/mol. The van der Waals surface area contributed by atoms with Crippen LogP contribution in [0.1, 0.15) is 30.5 Å². The van der Waals surface area contributed by atoms with Gasteiger partial charge in [-0.1, -0.05) is 6.92 Å². The molecule has 0 fully saturated rings. The van der Waals surface area contributed by atoms with Crippen LogP contribution in [0.25, 0.3) is 0 Å². The molecule has 0 unspecified atom stereocenters. The van der Waals surface area contributed by atoms with Gasteiger partial charge in [0.2, 0.25) is 0 Å². The minimum Gasteiger partial charge on any atom is -0.373 e. The smallest absolute Gasteiger partial charge is 0.128 e. The van der Waals surface area contributed by atoms with Crippen LogP contribution in [0.5, 0.6) is 0 Å². The molecule has 1 aromatic rings. The van der Waals surface area contributed by atoms with E-state index < -0.39 is 0 Å². The minimum atomic E-state index is 0.108. The van der Waals surface area contributed by atoms with Crippen molar-refractivity contribution < 1.29 is 0 Å². The Hall–Kier alpha value is -1.09. The Bertz CT molecular complexity index is 283. The maximum atomic E-state index is 5.89. The summed E-state index contributed by atoms with van der Waals surface area (Å²) < 4.78 is 0. The van der Waals surface area contributed by atoms with E-state index in [-0.39, 0.29) is 6.04 Å². The summed E-state index contributed by atoms with van der Waals surface area (Å²) in [4.78, 5) is 4.27. The zero-order valence-corrected chi connectivity index (χ0v) is 8.46. The summed E-state index contributed by atoms with van der Waals surface area (Å²) in [6, 6.07) is 2.20. The molecule has 0 aliphatic rings. The first kappa shape index (κ1) is 9.99. The van der Waals surface area contributed by atoms with Crippen molar-refractivity contribution in [1.82, 2.24) is 4.98 Å². The fourth-order valence-electron chi connectivity index (χ4n) is 1.30. The largest absolute Gasteiger partial charge is 0.373 e. The summed E-state index contributed by atoms with van der Waals surface area (Å²) in [5.74, 6) is 0.923. The van der Waals surface area contributed by atoms with E-state index in [2.05, 4.69) is 23.3 Å². The zero-order chi connectivity index (χ0) is 9.84. The van der Waals surface area contributed by atoms with Gasteiger partial charge in [0.25, 0.3) is 0 Å². The third kappa shape index (κ3) is 2.18. The average Bonchev–Trinajstić information content (AvgIpc) is 2.16. The van der Waals surface area contributed by atoms with Crippen molar-refractivity contribution in [3.05, 3.63) is 23.4 Å². The normalized spacial score (nSPS) is 12.6. The molecule has 1 rings (SSSR count). The van der Waals surface area contributed by atoms with Crippen LogP contribution in [-0.2, 0) is 0 Å². The van der Waals surface area contributed by atoms with Gasteiger partial charge in [-0.3, -0.25) is 0 Å².